The van der Waals surface area contributed by atoms with Crippen molar-refractivity contribution < 1.29 is 9.18 Å². The maximum Gasteiger partial charge on any atom is 0.196 e. The number of hydrogen-bond donors (Lipinski definition) is 1. The number of fused-ring (bicyclic) bond motifs is 1. The number of halogens is 2. The predicted octanol–water partition coefficient (Wildman–Crippen LogP) is 4.06. The Balaban J connectivity index is 2.16. The minimum absolute atomic E-state index is 0.0609. The second-order valence-electron chi connectivity index (χ2n) is 4.53. The lowest BCUT2D eigenvalue weighted by Crippen LogP contribution is -2.01. The van der Waals surface area contributed by atoms with Crippen LogP contribution in [-0.4, -0.2) is 10.8 Å². The number of carbonyl (C=O) groups is 1. The minimum atomic E-state index is -0.498. The largest absolute Gasteiger partial charge is 0.360 e. The van der Waals surface area contributed by atoms with Crippen LogP contribution in [0.5, 0.6) is 0 Å². The van der Waals surface area contributed by atoms with Crippen molar-refractivity contribution >= 4 is 28.3 Å². The molecular weight excluding hydrogens is 291 g/mol. The molecule has 3 rings (SSSR count). The highest BCUT2D eigenvalue weighted by Gasteiger charge is 2.17. The van der Waals surface area contributed by atoms with Crippen LogP contribution in [0.2, 0.25) is 5.02 Å². The highest BCUT2D eigenvalue weighted by molar-refractivity contribution is 6.35. The Bertz CT molecular complexity index is 908. The number of hydrogen-bond acceptors (Lipinski definition) is 2. The Kier molecular flexibility index (Phi) is 3.20. The van der Waals surface area contributed by atoms with E-state index < -0.39 is 5.82 Å². The average molecular weight is 299 g/mol. The van der Waals surface area contributed by atoms with Gasteiger partial charge in [-0.1, -0.05) is 11.6 Å². The van der Waals surface area contributed by atoms with E-state index in [1.807, 2.05) is 6.07 Å². The van der Waals surface area contributed by atoms with Crippen LogP contribution in [0.4, 0.5) is 4.39 Å². The fraction of sp³-hybridized carbons (Fsp3) is 0. The van der Waals surface area contributed by atoms with Crippen molar-refractivity contribution in [3.8, 4) is 6.07 Å². The smallest absolute Gasteiger partial charge is 0.196 e. The molecule has 0 bridgehead atoms. The van der Waals surface area contributed by atoms with Crippen molar-refractivity contribution in [2.45, 2.75) is 0 Å². The molecular formula is C16H8ClFN2O. The summed E-state index contributed by atoms with van der Waals surface area (Å²) >= 11 is 5.93. The van der Waals surface area contributed by atoms with Crippen LogP contribution in [0.3, 0.4) is 0 Å². The number of nitrogens with zero attached hydrogens (tertiary/aromatic N) is 1. The number of rotatable bonds is 2. The Hall–Kier alpha value is -2.64. The van der Waals surface area contributed by atoms with E-state index in [1.165, 1.54) is 12.1 Å². The summed E-state index contributed by atoms with van der Waals surface area (Å²) in [4.78, 5) is 15.5. The van der Waals surface area contributed by atoms with Crippen molar-refractivity contribution in [2.24, 2.45) is 0 Å². The van der Waals surface area contributed by atoms with E-state index in [1.54, 1.807) is 24.4 Å². The van der Waals surface area contributed by atoms with Gasteiger partial charge in [-0.3, -0.25) is 4.79 Å². The second-order valence-corrected chi connectivity index (χ2v) is 4.94. The molecule has 1 N–H and O–H groups in total. The Labute approximate surface area is 124 Å². The zero-order chi connectivity index (χ0) is 15.0. The molecule has 3 nitrogen and oxygen atoms in total. The molecule has 1 heterocycles. The van der Waals surface area contributed by atoms with Gasteiger partial charge in [0.15, 0.2) is 5.78 Å². The lowest BCUT2D eigenvalue weighted by atomic mass is 10.0. The van der Waals surface area contributed by atoms with E-state index >= 15 is 0 Å². The number of nitrogens with one attached hydrogen (secondary N) is 1. The van der Waals surface area contributed by atoms with Crippen molar-refractivity contribution in [1.29, 1.82) is 5.26 Å². The highest BCUT2D eigenvalue weighted by atomic mass is 35.5. The molecule has 21 heavy (non-hydrogen) atoms. The summed E-state index contributed by atoms with van der Waals surface area (Å²) < 4.78 is 13.1. The fourth-order valence-electron chi connectivity index (χ4n) is 2.20. The molecule has 3 aromatic rings. The van der Waals surface area contributed by atoms with Crippen molar-refractivity contribution in [2.75, 3.05) is 0 Å². The number of H-pyrrole nitrogens is 1. The first-order valence-corrected chi connectivity index (χ1v) is 6.49. The molecule has 0 atom stereocenters. The standard InChI is InChI=1S/C16H8ClFN2O/c17-14-6-10(18)2-3-11(14)16(21)13-8-20-15-4-1-9(7-19)5-12(13)15/h1-6,8,20H. The van der Waals surface area contributed by atoms with Crippen LogP contribution in [0.1, 0.15) is 21.5 Å². The highest BCUT2D eigenvalue weighted by Crippen LogP contribution is 2.26. The van der Waals surface area contributed by atoms with Crippen LogP contribution < -0.4 is 0 Å². The molecule has 2 aromatic carbocycles. The van der Waals surface area contributed by atoms with E-state index in [2.05, 4.69) is 4.98 Å². The van der Waals surface area contributed by atoms with Crippen LogP contribution in [0.25, 0.3) is 10.9 Å². The summed E-state index contributed by atoms with van der Waals surface area (Å²) in [6.07, 6.45) is 1.56. The van der Waals surface area contributed by atoms with Crippen LogP contribution in [-0.2, 0) is 0 Å². The molecule has 0 saturated heterocycles. The number of carbonyl (C=O) groups excluding carboxylic acids is 1. The average Bonchev–Trinajstić information content (AvgIpc) is 2.89. The van der Waals surface area contributed by atoms with Crippen molar-refractivity contribution in [1.82, 2.24) is 4.98 Å². The van der Waals surface area contributed by atoms with Gasteiger partial charge >= 0.3 is 0 Å². The molecule has 0 aliphatic rings. The Morgan fingerprint density at radius 1 is 1.19 bits per heavy atom. The van der Waals surface area contributed by atoms with Gasteiger partial charge < -0.3 is 4.98 Å². The molecule has 0 aliphatic heterocycles. The van der Waals surface area contributed by atoms with Gasteiger partial charge in [-0.25, -0.2) is 4.39 Å². The first-order chi connectivity index (χ1) is 10.1. The molecule has 0 radical (unpaired) electrons. The third-order valence-corrected chi connectivity index (χ3v) is 3.54. The first-order valence-electron chi connectivity index (χ1n) is 6.11. The van der Waals surface area contributed by atoms with Gasteiger partial charge in [-0.15, -0.1) is 0 Å². The van der Waals surface area contributed by atoms with E-state index in [4.69, 9.17) is 16.9 Å². The number of aromatic nitrogens is 1. The van der Waals surface area contributed by atoms with Gasteiger partial charge in [0.2, 0.25) is 0 Å². The summed E-state index contributed by atoms with van der Waals surface area (Å²) in [5.74, 6) is -0.816. The fourth-order valence-corrected chi connectivity index (χ4v) is 2.45. The minimum Gasteiger partial charge on any atom is -0.360 e. The predicted molar refractivity (Wildman–Crippen MR) is 77.9 cm³/mol. The van der Waals surface area contributed by atoms with Crippen LogP contribution >= 0.6 is 11.6 Å². The summed E-state index contributed by atoms with van der Waals surface area (Å²) in [6.45, 7) is 0. The molecule has 0 amide bonds. The lowest BCUT2D eigenvalue weighted by Gasteiger charge is -2.03. The lowest BCUT2D eigenvalue weighted by molar-refractivity contribution is 0.104. The summed E-state index contributed by atoms with van der Waals surface area (Å²) in [5.41, 5.74) is 1.83. The van der Waals surface area contributed by atoms with E-state index in [9.17, 15) is 9.18 Å². The monoisotopic (exact) mass is 298 g/mol. The van der Waals surface area contributed by atoms with Gasteiger partial charge in [0.1, 0.15) is 5.82 Å². The number of nitriles is 1. The molecule has 1 aromatic heterocycles. The normalized spacial score (nSPS) is 10.5. The molecule has 0 fully saturated rings. The second kappa shape index (κ2) is 5.04. The zero-order valence-electron chi connectivity index (χ0n) is 10.7. The van der Waals surface area contributed by atoms with Crippen molar-refractivity contribution in [3.05, 3.63) is 70.1 Å². The van der Waals surface area contributed by atoms with Crippen molar-refractivity contribution in [3.63, 3.8) is 0 Å². The molecule has 102 valence electrons. The van der Waals surface area contributed by atoms with Crippen LogP contribution in [0, 0.1) is 17.1 Å². The zero-order valence-corrected chi connectivity index (χ0v) is 11.4. The third kappa shape index (κ3) is 2.28. The van der Waals surface area contributed by atoms with E-state index in [-0.39, 0.29) is 16.4 Å². The number of ketones is 1. The van der Waals surface area contributed by atoms with Gasteiger partial charge in [-0.2, -0.15) is 5.26 Å². The summed E-state index contributed by atoms with van der Waals surface area (Å²) in [6, 6.07) is 10.7. The Morgan fingerprint density at radius 2 is 2.00 bits per heavy atom. The SMILES string of the molecule is N#Cc1ccc2[nH]cc(C(=O)c3ccc(F)cc3Cl)c2c1. The van der Waals surface area contributed by atoms with E-state index in [0.717, 1.165) is 11.6 Å². The van der Waals surface area contributed by atoms with Gasteiger partial charge in [0.25, 0.3) is 0 Å². The van der Waals surface area contributed by atoms with Gasteiger partial charge in [0.05, 0.1) is 16.7 Å². The van der Waals surface area contributed by atoms with Crippen LogP contribution in [0.15, 0.2) is 42.6 Å². The quantitative estimate of drug-likeness (QED) is 0.725. The topological polar surface area (TPSA) is 56.6 Å². The number of benzene rings is 2. The van der Waals surface area contributed by atoms with Gasteiger partial charge in [-0.05, 0) is 36.4 Å². The molecule has 0 spiro atoms. The Morgan fingerprint density at radius 3 is 2.71 bits per heavy atom. The summed E-state index contributed by atoms with van der Waals surface area (Å²) in [5, 5.41) is 9.65. The summed E-state index contributed by atoms with van der Waals surface area (Å²) in [7, 11) is 0. The van der Waals surface area contributed by atoms with Gasteiger partial charge in [0, 0.05) is 28.2 Å². The molecule has 0 aliphatic carbocycles. The molecule has 0 saturated carbocycles. The maximum absolute atomic E-state index is 13.1. The third-order valence-electron chi connectivity index (χ3n) is 3.23. The first kappa shape index (κ1) is 13.3. The number of aromatic amines is 1. The maximum atomic E-state index is 13.1. The molecule has 5 heteroatoms. The van der Waals surface area contributed by atoms with E-state index in [0.29, 0.717) is 16.5 Å². The molecule has 0 unspecified atom stereocenters.